The van der Waals surface area contributed by atoms with Crippen LogP contribution in [0.4, 0.5) is 0 Å². The lowest BCUT2D eigenvalue weighted by atomic mass is 9.83. The Labute approximate surface area is 215 Å². The molecule has 0 radical (unpaired) electrons. The van der Waals surface area contributed by atoms with Crippen LogP contribution in [0.2, 0.25) is 5.02 Å². The van der Waals surface area contributed by atoms with Crippen LogP contribution in [0, 0.1) is 11.3 Å². The molecular formula is C27H38ClN3O3S. The average molecular weight is 520 g/mol. The van der Waals surface area contributed by atoms with Gasteiger partial charge in [0.1, 0.15) is 0 Å². The standard InChI is InChI=1S/C27H38ClN3O3S/c28-21-9-11-23(12-10-21)35(33,34)31-24(20-7-8-20)5-3-6-25(31)27(13-14-27)18-26(32)30-17-16-29-15-2-1-4-22(29)19-30/h9-12,20,22,24-25H,1-8,13-19H2/t22?,24-,25+/m1/s1. The first-order valence-corrected chi connectivity index (χ1v) is 15.5. The second-order valence-electron chi connectivity index (χ2n) is 11.7. The summed E-state index contributed by atoms with van der Waals surface area (Å²) < 4.78 is 30.0. The Morgan fingerprint density at radius 1 is 0.943 bits per heavy atom. The summed E-state index contributed by atoms with van der Waals surface area (Å²) in [7, 11) is -3.66. The van der Waals surface area contributed by atoms with E-state index in [0.717, 1.165) is 64.6 Å². The fraction of sp³-hybridized carbons (Fsp3) is 0.741. The lowest BCUT2D eigenvalue weighted by molar-refractivity contribution is -0.136. The van der Waals surface area contributed by atoms with Crippen LogP contribution in [0.5, 0.6) is 0 Å². The summed E-state index contributed by atoms with van der Waals surface area (Å²) in [5, 5.41) is 0.542. The number of carbonyl (C=O) groups is 1. The van der Waals surface area contributed by atoms with E-state index in [-0.39, 0.29) is 23.4 Å². The highest BCUT2D eigenvalue weighted by Crippen LogP contribution is 2.58. The number of piperidine rings is 2. The van der Waals surface area contributed by atoms with Crippen LogP contribution in [-0.2, 0) is 14.8 Å². The summed E-state index contributed by atoms with van der Waals surface area (Å²) in [6.07, 6.45) is 11.2. The minimum absolute atomic E-state index is 0.0628. The third-order valence-electron chi connectivity index (χ3n) is 9.46. The minimum atomic E-state index is -3.66. The topological polar surface area (TPSA) is 60.9 Å². The molecule has 1 aromatic carbocycles. The Morgan fingerprint density at radius 2 is 1.71 bits per heavy atom. The molecule has 5 fully saturated rings. The molecule has 0 spiro atoms. The molecule has 3 saturated heterocycles. The van der Waals surface area contributed by atoms with Crippen molar-refractivity contribution >= 4 is 27.5 Å². The molecule has 6 nitrogen and oxygen atoms in total. The molecule has 2 aliphatic carbocycles. The number of nitrogens with zero attached hydrogens (tertiary/aromatic N) is 3. The number of carbonyl (C=O) groups excluding carboxylic acids is 1. The van der Waals surface area contributed by atoms with Gasteiger partial charge in [-0.05, 0) is 93.5 Å². The molecule has 0 aromatic heterocycles. The first kappa shape index (κ1) is 24.2. The van der Waals surface area contributed by atoms with Crippen molar-refractivity contribution in [2.24, 2.45) is 11.3 Å². The largest absolute Gasteiger partial charge is 0.340 e. The number of rotatable bonds is 6. The van der Waals surface area contributed by atoms with Crippen molar-refractivity contribution in [2.45, 2.75) is 93.7 Å². The van der Waals surface area contributed by atoms with Gasteiger partial charge in [-0.15, -0.1) is 0 Å². The van der Waals surface area contributed by atoms with Gasteiger partial charge in [-0.25, -0.2) is 8.42 Å². The fourth-order valence-corrected chi connectivity index (χ4v) is 9.31. The van der Waals surface area contributed by atoms with Crippen molar-refractivity contribution in [1.29, 1.82) is 0 Å². The number of hydrogen-bond acceptors (Lipinski definition) is 4. The van der Waals surface area contributed by atoms with Crippen molar-refractivity contribution in [3.63, 3.8) is 0 Å². The summed E-state index contributed by atoms with van der Waals surface area (Å²) in [5.74, 6) is 0.705. The van der Waals surface area contributed by atoms with Crippen molar-refractivity contribution in [3.8, 4) is 0 Å². The molecule has 3 atom stereocenters. The van der Waals surface area contributed by atoms with Gasteiger partial charge in [0.25, 0.3) is 0 Å². The van der Waals surface area contributed by atoms with Crippen LogP contribution in [0.15, 0.2) is 29.2 Å². The summed E-state index contributed by atoms with van der Waals surface area (Å²) in [6, 6.07) is 7.10. The van der Waals surface area contributed by atoms with Crippen LogP contribution in [0.25, 0.3) is 0 Å². The molecule has 0 N–H and O–H groups in total. The maximum absolute atomic E-state index is 14.1. The first-order chi connectivity index (χ1) is 16.9. The van der Waals surface area contributed by atoms with Crippen LogP contribution in [-0.4, -0.2) is 72.7 Å². The first-order valence-electron chi connectivity index (χ1n) is 13.7. The monoisotopic (exact) mass is 519 g/mol. The molecule has 8 heteroatoms. The molecule has 35 heavy (non-hydrogen) atoms. The van der Waals surface area contributed by atoms with Gasteiger partial charge in [0, 0.05) is 49.2 Å². The number of hydrogen-bond donors (Lipinski definition) is 0. The van der Waals surface area contributed by atoms with Crippen LogP contribution in [0.3, 0.4) is 0 Å². The van der Waals surface area contributed by atoms with Crippen molar-refractivity contribution < 1.29 is 13.2 Å². The summed E-state index contributed by atoms with van der Waals surface area (Å²) in [6.45, 7) is 3.80. The zero-order valence-electron chi connectivity index (χ0n) is 20.6. The van der Waals surface area contributed by atoms with E-state index in [9.17, 15) is 13.2 Å². The SMILES string of the molecule is O=C(CC1([C@@H]2CCC[C@H](C3CC3)N2S(=O)(=O)c2ccc(Cl)cc2)CC1)N1CCN2CCCCC2C1. The van der Waals surface area contributed by atoms with Crippen molar-refractivity contribution in [2.75, 3.05) is 26.2 Å². The zero-order chi connectivity index (χ0) is 24.2. The predicted octanol–water partition coefficient (Wildman–Crippen LogP) is 4.53. The molecule has 3 heterocycles. The van der Waals surface area contributed by atoms with E-state index in [4.69, 9.17) is 11.6 Å². The summed E-state index contributed by atoms with van der Waals surface area (Å²) in [5.41, 5.74) is -0.201. The van der Waals surface area contributed by atoms with Crippen LogP contribution >= 0.6 is 11.6 Å². The molecule has 6 rings (SSSR count). The number of sulfonamides is 1. The second kappa shape index (κ2) is 9.30. The molecule has 1 unspecified atom stereocenters. The molecule has 192 valence electrons. The van der Waals surface area contributed by atoms with Gasteiger partial charge in [0.2, 0.25) is 15.9 Å². The van der Waals surface area contributed by atoms with Gasteiger partial charge >= 0.3 is 0 Å². The van der Waals surface area contributed by atoms with Crippen LogP contribution in [0.1, 0.15) is 70.6 Å². The van der Waals surface area contributed by atoms with Crippen molar-refractivity contribution in [1.82, 2.24) is 14.1 Å². The number of piperazine rings is 1. The third-order valence-corrected chi connectivity index (χ3v) is 11.7. The summed E-state index contributed by atoms with van der Waals surface area (Å²) in [4.78, 5) is 18.6. The Kier molecular flexibility index (Phi) is 6.43. The van der Waals surface area contributed by atoms with Gasteiger partial charge in [-0.3, -0.25) is 9.69 Å². The highest BCUT2D eigenvalue weighted by molar-refractivity contribution is 7.89. The molecule has 0 bridgehead atoms. The molecule has 5 aliphatic rings. The zero-order valence-corrected chi connectivity index (χ0v) is 22.2. The predicted molar refractivity (Wildman–Crippen MR) is 137 cm³/mol. The maximum Gasteiger partial charge on any atom is 0.243 e. The Bertz CT molecular complexity index is 1050. The van der Waals surface area contributed by atoms with Gasteiger partial charge in [-0.1, -0.05) is 24.4 Å². The highest BCUT2D eigenvalue weighted by Gasteiger charge is 2.59. The normalized spacial score (nSPS) is 31.7. The molecule has 1 aromatic rings. The average Bonchev–Trinajstić information content (AvgIpc) is 3.79. The second-order valence-corrected chi connectivity index (χ2v) is 14.0. The summed E-state index contributed by atoms with van der Waals surface area (Å²) >= 11 is 6.07. The van der Waals surface area contributed by atoms with E-state index in [1.54, 1.807) is 24.3 Å². The number of fused-ring (bicyclic) bond motifs is 1. The van der Waals surface area contributed by atoms with Gasteiger partial charge < -0.3 is 4.90 Å². The Hall–Kier alpha value is -1.15. The molecule has 1 amide bonds. The van der Waals surface area contributed by atoms with E-state index in [2.05, 4.69) is 9.80 Å². The van der Waals surface area contributed by atoms with Gasteiger partial charge in [0.15, 0.2) is 0 Å². The Morgan fingerprint density at radius 3 is 2.43 bits per heavy atom. The van der Waals surface area contributed by atoms with E-state index in [1.165, 1.54) is 25.8 Å². The van der Waals surface area contributed by atoms with Gasteiger partial charge in [0.05, 0.1) is 4.90 Å². The van der Waals surface area contributed by atoms with Crippen molar-refractivity contribution in [3.05, 3.63) is 29.3 Å². The molecule has 2 saturated carbocycles. The Balaban J connectivity index is 1.24. The molecular weight excluding hydrogens is 482 g/mol. The van der Waals surface area contributed by atoms with E-state index in [0.29, 0.717) is 28.3 Å². The number of benzene rings is 1. The van der Waals surface area contributed by atoms with E-state index in [1.807, 2.05) is 4.31 Å². The lowest BCUT2D eigenvalue weighted by Gasteiger charge is -2.46. The lowest BCUT2D eigenvalue weighted by Crippen LogP contribution is -2.57. The fourth-order valence-electron chi connectivity index (χ4n) is 7.16. The molecule has 3 aliphatic heterocycles. The van der Waals surface area contributed by atoms with Crippen LogP contribution < -0.4 is 0 Å². The number of halogens is 1. The quantitative estimate of drug-likeness (QED) is 0.554. The minimum Gasteiger partial charge on any atom is -0.340 e. The maximum atomic E-state index is 14.1. The van der Waals surface area contributed by atoms with Gasteiger partial charge in [-0.2, -0.15) is 4.31 Å². The highest BCUT2D eigenvalue weighted by atomic mass is 35.5. The third kappa shape index (κ3) is 4.67. The number of amides is 1. The van der Waals surface area contributed by atoms with E-state index >= 15 is 0 Å². The van der Waals surface area contributed by atoms with E-state index < -0.39 is 10.0 Å². The smallest absolute Gasteiger partial charge is 0.243 e.